The van der Waals surface area contributed by atoms with Gasteiger partial charge in [-0.15, -0.1) is 0 Å². The Morgan fingerprint density at radius 2 is 1.73 bits per heavy atom. The first kappa shape index (κ1) is 26.3. The van der Waals surface area contributed by atoms with E-state index in [2.05, 4.69) is 5.32 Å². The first-order chi connectivity index (χ1) is 17.8. The maximum atomic E-state index is 13.5. The Bertz CT molecular complexity index is 1370. The summed E-state index contributed by atoms with van der Waals surface area (Å²) in [4.78, 5) is 41.3. The second-order valence-corrected chi connectivity index (χ2v) is 9.91. The van der Waals surface area contributed by atoms with Gasteiger partial charge in [0.1, 0.15) is 16.4 Å². The lowest BCUT2D eigenvalue weighted by atomic mass is 10.2. The fraction of sp³-hybridized carbons (Fsp3) is 0.179. The fourth-order valence-corrected chi connectivity index (χ4v) is 4.65. The molecule has 3 aromatic rings. The molecule has 0 fully saturated rings. The van der Waals surface area contributed by atoms with Crippen molar-refractivity contribution < 1.29 is 24.2 Å². The maximum absolute atomic E-state index is 13.5. The minimum absolute atomic E-state index is 0.0104. The van der Waals surface area contributed by atoms with Crippen molar-refractivity contribution in [2.45, 2.75) is 31.6 Å². The lowest BCUT2D eigenvalue weighted by molar-refractivity contribution is -0.120. The van der Waals surface area contributed by atoms with Gasteiger partial charge in [-0.1, -0.05) is 54.4 Å². The number of carbonyl (C=O) groups excluding carboxylic acids is 3. The van der Waals surface area contributed by atoms with Gasteiger partial charge in [-0.2, -0.15) is 0 Å². The van der Waals surface area contributed by atoms with Gasteiger partial charge in [-0.25, -0.2) is 9.69 Å². The van der Waals surface area contributed by atoms with Crippen molar-refractivity contribution in [1.29, 1.82) is 0 Å². The Morgan fingerprint density at radius 1 is 1.03 bits per heavy atom. The SMILES string of the molecule is CCCCOC(=O)c1ccc(N2C(=O)C(Nc3cc(Cl)ccc3O)=C(Sc3ccc(C)cc3)C2=O)cc1. The molecule has 0 spiro atoms. The Morgan fingerprint density at radius 3 is 2.41 bits per heavy atom. The Hall–Kier alpha value is -3.75. The van der Waals surface area contributed by atoms with E-state index in [0.29, 0.717) is 22.9 Å². The number of benzene rings is 3. The number of imide groups is 1. The quantitative estimate of drug-likeness (QED) is 0.143. The number of hydrogen-bond donors (Lipinski definition) is 2. The van der Waals surface area contributed by atoms with E-state index >= 15 is 0 Å². The molecule has 7 nitrogen and oxygen atoms in total. The van der Waals surface area contributed by atoms with Gasteiger partial charge >= 0.3 is 5.97 Å². The van der Waals surface area contributed by atoms with Crippen molar-refractivity contribution in [3.63, 3.8) is 0 Å². The van der Waals surface area contributed by atoms with Crippen LogP contribution in [0.3, 0.4) is 0 Å². The fourth-order valence-electron chi connectivity index (χ4n) is 3.56. The molecular weight excluding hydrogens is 512 g/mol. The van der Waals surface area contributed by atoms with Crippen molar-refractivity contribution in [2.24, 2.45) is 0 Å². The Balaban J connectivity index is 1.65. The molecule has 1 aliphatic heterocycles. The molecule has 2 amide bonds. The highest BCUT2D eigenvalue weighted by Crippen LogP contribution is 2.39. The third-order valence-corrected chi connectivity index (χ3v) is 6.92. The van der Waals surface area contributed by atoms with E-state index in [1.165, 1.54) is 42.5 Å². The highest BCUT2D eigenvalue weighted by Gasteiger charge is 2.40. The minimum Gasteiger partial charge on any atom is -0.506 e. The number of thioether (sulfide) groups is 1. The maximum Gasteiger partial charge on any atom is 0.338 e. The predicted octanol–water partition coefficient (Wildman–Crippen LogP) is 6.30. The third-order valence-electron chi connectivity index (χ3n) is 5.59. The van der Waals surface area contributed by atoms with Crippen LogP contribution in [0.1, 0.15) is 35.7 Å². The van der Waals surface area contributed by atoms with E-state index < -0.39 is 17.8 Å². The molecule has 0 aromatic heterocycles. The van der Waals surface area contributed by atoms with Gasteiger partial charge in [-0.3, -0.25) is 9.59 Å². The van der Waals surface area contributed by atoms with Gasteiger partial charge in [0.05, 0.1) is 23.5 Å². The molecule has 0 unspecified atom stereocenters. The number of carbonyl (C=O) groups is 3. The number of amides is 2. The number of rotatable bonds is 9. The van der Waals surface area contributed by atoms with E-state index in [-0.39, 0.29) is 22.0 Å². The number of phenols is 1. The number of ether oxygens (including phenoxy) is 1. The van der Waals surface area contributed by atoms with Gasteiger partial charge in [0, 0.05) is 9.92 Å². The van der Waals surface area contributed by atoms with Gasteiger partial charge in [0.2, 0.25) is 0 Å². The summed E-state index contributed by atoms with van der Waals surface area (Å²) in [5.74, 6) is -1.72. The summed E-state index contributed by atoms with van der Waals surface area (Å²) in [6.07, 6.45) is 1.68. The van der Waals surface area contributed by atoms with Crippen LogP contribution in [0, 0.1) is 6.92 Å². The minimum atomic E-state index is -0.600. The average molecular weight is 537 g/mol. The van der Waals surface area contributed by atoms with Gasteiger partial charge in [0.15, 0.2) is 0 Å². The molecule has 37 heavy (non-hydrogen) atoms. The summed E-state index contributed by atoms with van der Waals surface area (Å²) in [5, 5.41) is 13.6. The molecule has 190 valence electrons. The lowest BCUT2D eigenvalue weighted by Crippen LogP contribution is -2.32. The smallest absolute Gasteiger partial charge is 0.338 e. The van der Waals surface area contributed by atoms with E-state index in [1.807, 2.05) is 38.1 Å². The molecule has 9 heteroatoms. The number of esters is 1. The molecular formula is C28H25ClN2O5S. The number of nitrogens with one attached hydrogen (secondary N) is 1. The molecule has 1 heterocycles. The molecule has 0 aliphatic carbocycles. The summed E-state index contributed by atoms with van der Waals surface area (Å²) in [5.41, 5.74) is 1.88. The van der Waals surface area contributed by atoms with Crippen molar-refractivity contribution in [1.82, 2.24) is 0 Å². The zero-order valence-electron chi connectivity index (χ0n) is 20.3. The van der Waals surface area contributed by atoms with Crippen LogP contribution in [0.15, 0.2) is 82.2 Å². The number of anilines is 2. The number of nitrogens with zero attached hydrogens (tertiary/aromatic N) is 1. The lowest BCUT2D eigenvalue weighted by Gasteiger charge is -2.16. The van der Waals surface area contributed by atoms with Crippen LogP contribution in [0.25, 0.3) is 0 Å². The highest BCUT2D eigenvalue weighted by atomic mass is 35.5. The summed E-state index contributed by atoms with van der Waals surface area (Å²) in [6.45, 7) is 4.29. The number of aromatic hydroxyl groups is 1. The van der Waals surface area contributed by atoms with E-state index in [9.17, 15) is 19.5 Å². The zero-order chi connectivity index (χ0) is 26.5. The summed E-state index contributed by atoms with van der Waals surface area (Å²) >= 11 is 7.22. The second kappa shape index (κ2) is 11.5. The highest BCUT2D eigenvalue weighted by molar-refractivity contribution is 8.04. The molecule has 4 rings (SSSR count). The molecule has 0 radical (unpaired) electrons. The predicted molar refractivity (Wildman–Crippen MR) is 145 cm³/mol. The monoisotopic (exact) mass is 536 g/mol. The average Bonchev–Trinajstić information content (AvgIpc) is 3.11. The summed E-state index contributed by atoms with van der Waals surface area (Å²) < 4.78 is 5.23. The molecule has 0 bridgehead atoms. The van der Waals surface area contributed by atoms with E-state index in [4.69, 9.17) is 16.3 Å². The first-order valence-corrected chi connectivity index (χ1v) is 12.9. The van der Waals surface area contributed by atoms with Crippen molar-refractivity contribution in [3.8, 4) is 5.75 Å². The largest absolute Gasteiger partial charge is 0.506 e. The summed E-state index contributed by atoms with van der Waals surface area (Å²) in [7, 11) is 0. The first-order valence-electron chi connectivity index (χ1n) is 11.7. The summed E-state index contributed by atoms with van der Waals surface area (Å²) in [6, 6.07) is 18.0. The molecule has 3 aromatic carbocycles. The standard InChI is InChI=1S/C28H25ClN2O5S/c1-3-4-15-36-28(35)18-7-10-20(11-8-18)31-26(33)24(30-22-16-19(29)9-14-23(22)32)25(27(31)34)37-21-12-5-17(2)6-13-21/h5-14,16,30,32H,3-4,15H2,1-2H3. The van der Waals surface area contributed by atoms with Crippen LogP contribution in [0.5, 0.6) is 5.75 Å². The van der Waals surface area contributed by atoms with E-state index in [0.717, 1.165) is 40.0 Å². The van der Waals surface area contributed by atoms with Crippen LogP contribution < -0.4 is 10.2 Å². The number of aryl methyl sites for hydroxylation is 1. The van der Waals surface area contributed by atoms with Gasteiger partial charge < -0.3 is 15.2 Å². The molecule has 1 aliphatic rings. The number of phenolic OH excluding ortho intramolecular Hbond substituents is 1. The topological polar surface area (TPSA) is 95.9 Å². The van der Waals surface area contributed by atoms with Crippen LogP contribution in [0.2, 0.25) is 5.02 Å². The Labute approximate surface area is 224 Å². The molecule has 0 atom stereocenters. The van der Waals surface area contributed by atoms with Crippen molar-refractivity contribution >= 4 is 52.5 Å². The van der Waals surface area contributed by atoms with Crippen LogP contribution in [0.4, 0.5) is 11.4 Å². The normalized spacial score (nSPS) is 13.3. The Kier molecular flexibility index (Phi) is 8.21. The zero-order valence-corrected chi connectivity index (χ0v) is 21.9. The van der Waals surface area contributed by atoms with Gasteiger partial charge in [0.25, 0.3) is 11.8 Å². The second-order valence-electron chi connectivity index (χ2n) is 8.39. The number of unbranched alkanes of at least 4 members (excludes halogenated alkanes) is 1. The third kappa shape index (κ3) is 5.98. The van der Waals surface area contributed by atoms with Crippen LogP contribution >= 0.6 is 23.4 Å². The molecule has 0 saturated heterocycles. The number of hydrogen-bond acceptors (Lipinski definition) is 7. The van der Waals surface area contributed by atoms with Gasteiger partial charge in [-0.05, 0) is 67.9 Å². The van der Waals surface area contributed by atoms with Crippen molar-refractivity contribution in [2.75, 3.05) is 16.8 Å². The molecule has 0 saturated carbocycles. The van der Waals surface area contributed by atoms with Crippen LogP contribution in [-0.4, -0.2) is 29.5 Å². The molecule has 2 N–H and O–H groups in total. The van der Waals surface area contributed by atoms with Crippen molar-refractivity contribution in [3.05, 3.63) is 93.5 Å². The number of halogens is 1. The van der Waals surface area contributed by atoms with E-state index in [1.54, 1.807) is 0 Å². The van der Waals surface area contributed by atoms with Crippen LogP contribution in [-0.2, 0) is 14.3 Å².